The summed E-state index contributed by atoms with van der Waals surface area (Å²) in [4.78, 5) is 42.4. The van der Waals surface area contributed by atoms with E-state index >= 15 is 0 Å². The number of rotatable bonds is 4. The fraction of sp³-hybridized carbons (Fsp3) is 0.304. The van der Waals surface area contributed by atoms with Crippen LogP contribution in [0.25, 0.3) is 10.2 Å². The van der Waals surface area contributed by atoms with Crippen molar-refractivity contribution in [2.45, 2.75) is 33.1 Å². The van der Waals surface area contributed by atoms with E-state index in [-0.39, 0.29) is 36.3 Å². The Morgan fingerprint density at radius 1 is 1.16 bits per heavy atom. The van der Waals surface area contributed by atoms with Crippen LogP contribution in [-0.2, 0) is 19.8 Å². The Hall–Kier alpha value is -3.46. The monoisotopic (exact) mass is 452 g/mol. The molecule has 0 unspecified atom stereocenters. The van der Waals surface area contributed by atoms with E-state index in [0.717, 1.165) is 10.3 Å². The molecule has 8 nitrogen and oxygen atoms in total. The van der Waals surface area contributed by atoms with Crippen LogP contribution < -0.4 is 20.3 Å². The summed E-state index contributed by atoms with van der Waals surface area (Å²) in [6.07, 6.45) is 0. The van der Waals surface area contributed by atoms with Crippen molar-refractivity contribution in [1.29, 1.82) is 0 Å². The molecular formula is C23H24N4O4S. The number of carbonyl (C=O) groups excluding carboxylic acids is 3. The second kappa shape index (κ2) is 8.23. The summed E-state index contributed by atoms with van der Waals surface area (Å²) >= 11 is 1.35. The van der Waals surface area contributed by atoms with Crippen molar-refractivity contribution >= 4 is 55.8 Å². The van der Waals surface area contributed by atoms with Crippen LogP contribution in [0.3, 0.4) is 0 Å². The van der Waals surface area contributed by atoms with Gasteiger partial charge in [-0.25, -0.2) is 4.98 Å². The molecule has 3 aromatic rings. The van der Waals surface area contributed by atoms with Crippen LogP contribution in [0.4, 0.5) is 16.5 Å². The lowest BCUT2D eigenvalue weighted by molar-refractivity contribution is -0.123. The summed E-state index contributed by atoms with van der Waals surface area (Å²) in [6, 6.07) is 11.1. The van der Waals surface area contributed by atoms with E-state index in [1.54, 1.807) is 12.1 Å². The number of anilines is 3. The largest absolute Gasteiger partial charge is 0.482 e. The molecule has 32 heavy (non-hydrogen) atoms. The van der Waals surface area contributed by atoms with Gasteiger partial charge in [0.25, 0.3) is 5.91 Å². The van der Waals surface area contributed by atoms with Gasteiger partial charge < -0.3 is 15.4 Å². The molecule has 0 saturated carbocycles. The van der Waals surface area contributed by atoms with E-state index in [2.05, 4.69) is 36.4 Å². The van der Waals surface area contributed by atoms with E-state index in [0.29, 0.717) is 27.8 Å². The average molecular weight is 453 g/mol. The molecule has 2 aromatic carbocycles. The fourth-order valence-corrected chi connectivity index (χ4v) is 4.29. The lowest BCUT2D eigenvalue weighted by atomic mass is 9.86. The first kappa shape index (κ1) is 21.8. The third-order valence-corrected chi connectivity index (χ3v) is 5.98. The van der Waals surface area contributed by atoms with Gasteiger partial charge in [-0.15, -0.1) is 0 Å². The van der Waals surface area contributed by atoms with Gasteiger partial charge in [0.1, 0.15) is 12.3 Å². The zero-order valence-corrected chi connectivity index (χ0v) is 19.1. The maximum atomic E-state index is 12.8. The molecule has 0 aliphatic carbocycles. The number of nitrogens with zero attached hydrogens (tertiary/aromatic N) is 2. The van der Waals surface area contributed by atoms with Crippen LogP contribution >= 0.6 is 11.3 Å². The van der Waals surface area contributed by atoms with E-state index < -0.39 is 0 Å². The van der Waals surface area contributed by atoms with Crippen molar-refractivity contribution < 1.29 is 19.1 Å². The third-order valence-electron chi connectivity index (χ3n) is 5.02. The number of hydrogen-bond donors (Lipinski definition) is 2. The standard InChI is InChI=1S/C23H24N4O4S/c1-13(28)24-22-26-16-10-15(6-8-19(16)32-22)25-20(29)11-27-17-9-14(23(2,3)4)5-7-18(17)31-12-21(27)30/h5-10H,11-12H2,1-4H3,(H,25,29)(H,24,26,28). The van der Waals surface area contributed by atoms with Crippen molar-refractivity contribution in [1.82, 2.24) is 4.98 Å². The smallest absolute Gasteiger partial charge is 0.265 e. The number of aromatic nitrogens is 1. The summed E-state index contributed by atoms with van der Waals surface area (Å²) in [5.41, 5.74) is 2.76. The van der Waals surface area contributed by atoms with Gasteiger partial charge >= 0.3 is 0 Å². The molecule has 2 N–H and O–H groups in total. The minimum absolute atomic E-state index is 0.105. The number of amides is 3. The van der Waals surface area contributed by atoms with Gasteiger partial charge in [-0.3, -0.25) is 19.3 Å². The van der Waals surface area contributed by atoms with Crippen LogP contribution in [0.15, 0.2) is 36.4 Å². The molecule has 166 valence electrons. The predicted octanol–water partition coefficient (Wildman–Crippen LogP) is 3.92. The number of thiazole rings is 1. The number of carbonyl (C=O) groups is 3. The van der Waals surface area contributed by atoms with E-state index in [4.69, 9.17) is 4.74 Å². The number of nitrogens with one attached hydrogen (secondary N) is 2. The zero-order valence-electron chi connectivity index (χ0n) is 18.3. The Balaban J connectivity index is 1.53. The van der Waals surface area contributed by atoms with Crippen molar-refractivity contribution in [3.63, 3.8) is 0 Å². The molecule has 0 radical (unpaired) electrons. The van der Waals surface area contributed by atoms with Gasteiger partial charge in [0.2, 0.25) is 11.8 Å². The summed E-state index contributed by atoms with van der Waals surface area (Å²) < 4.78 is 6.44. The van der Waals surface area contributed by atoms with Crippen molar-refractivity contribution in [3.8, 4) is 5.75 Å². The molecule has 9 heteroatoms. The number of hydrogen-bond acceptors (Lipinski definition) is 6. The van der Waals surface area contributed by atoms with Crippen LogP contribution in [-0.4, -0.2) is 35.9 Å². The summed E-state index contributed by atoms with van der Waals surface area (Å²) in [5.74, 6) is -0.208. The average Bonchev–Trinajstić information content (AvgIpc) is 3.09. The van der Waals surface area contributed by atoms with Gasteiger partial charge in [-0.1, -0.05) is 38.2 Å². The Bertz CT molecular complexity index is 1230. The van der Waals surface area contributed by atoms with E-state index in [1.165, 1.54) is 23.2 Å². The highest BCUT2D eigenvalue weighted by Crippen LogP contribution is 2.36. The molecule has 0 spiro atoms. The molecule has 0 atom stereocenters. The lowest BCUT2D eigenvalue weighted by Crippen LogP contribution is -2.43. The minimum atomic E-state index is -0.330. The normalized spacial score (nSPS) is 13.5. The lowest BCUT2D eigenvalue weighted by Gasteiger charge is -2.31. The first-order valence-electron chi connectivity index (χ1n) is 10.2. The SMILES string of the molecule is CC(=O)Nc1nc2cc(NC(=O)CN3C(=O)COc4ccc(C(C)(C)C)cc43)ccc2s1. The van der Waals surface area contributed by atoms with Crippen LogP contribution in [0.5, 0.6) is 5.75 Å². The Labute approximate surface area is 189 Å². The quantitative estimate of drug-likeness (QED) is 0.625. The number of ether oxygens (including phenoxy) is 1. The highest BCUT2D eigenvalue weighted by Gasteiger charge is 2.29. The molecule has 3 amide bonds. The Morgan fingerprint density at radius 3 is 2.66 bits per heavy atom. The van der Waals surface area contributed by atoms with Crippen LogP contribution in [0, 0.1) is 0 Å². The fourth-order valence-electron chi connectivity index (χ4n) is 3.40. The van der Waals surface area contributed by atoms with Crippen molar-refractivity contribution in [2.24, 2.45) is 0 Å². The molecular weight excluding hydrogens is 428 g/mol. The van der Waals surface area contributed by atoms with Crippen molar-refractivity contribution in [2.75, 3.05) is 28.7 Å². The van der Waals surface area contributed by atoms with Crippen LogP contribution in [0.2, 0.25) is 0 Å². The van der Waals surface area contributed by atoms with E-state index in [1.807, 2.05) is 24.3 Å². The second-order valence-electron chi connectivity index (χ2n) is 8.63. The topological polar surface area (TPSA) is 101 Å². The molecule has 1 aromatic heterocycles. The third kappa shape index (κ3) is 4.57. The molecule has 0 bridgehead atoms. The molecule has 0 saturated heterocycles. The molecule has 2 heterocycles. The molecule has 4 rings (SSSR count). The van der Waals surface area contributed by atoms with E-state index in [9.17, 15) is 14.4 Å². The van der Waals surface area contributed by atoms with Gasteiger partial charge in [0.05, 0.1) is 15.9 Å². The summed E-state index contributed by atoms with van der Waals surface area (Å²) in [6.45, 7) is 7.45. The predicted molar refractivity (Wildman–Crippen MR) is 126 cm³/mol. The molecule has 0 fully saturated rings. The minimum Gasteiger partial charge on any atom is -0.482 e. The number of fused-ring (bicyclic) bond motifs is 2. The maximum absolute atomic E-state index is 12.8. The summed E-state index contributed by atoms with van der Waals surface area (Å²) in [5, 5.41) is 6.00. The zero-order chi connectivity index (χ0) is 23.0. The van der Waals surface area contributed by atoms with Gasteiger partial charge in [-0.2, -0.15) is 0 Å². The van der Waals surface area contributed by atoms with Gasteiger partial charge in [0, 0.05) is 12.6 Å². The molecule has 1 aliphatic heterocycles. The number of benzene rings is 2. The Kier molecular flexibility index (Phi) is 5.60. The van der Waals surface area contributed by atoms with Gasteiger partial charge in [0.15, 0.2) is 11.7 Å². The first-order chi connectivity index (χ1) is 15.1. The van der Waals surface area contributed by atoms with Crippen LogP contribution in [0.1, 0.15) is 33.3 Å². The van der Waals surface area contributed by atoms with Crippen molar-refractivity contribution in [3.05, 3.63) is 42.0 Å². The summed E-state index contributed by atoms with van der Waals surface area (Å²) in [7, 11) is 0. The molecule has 1 aliphatic rings. The highest BCUT2D eigenvalue weighted by molar-refractivity contribution is 7.22. The second-order valence-corrected chi connectivity index (χ2v) is 9.66. The van der Waals surface area contributed by atoms with Gasteiger partial charge in [-0.05, 0) is 41.3 Å². The first-order valence-corrected chi connectivity index (χ1v) is 11.0. The maximum Gasteiger partial charge on any atom is 0.265 e. The highest BCUT2D eigenvalue weighted by atomic mass is 32.1. The Morgan fingerprint density at radius 2 is 1.94 bits per heavy atom.